The maximum absolute atomic E-state index is 14.4. The molecule has 9 heteroatoms. The van der Waals surface area contributed by atoms with Crippen LogP contribution >= 0.6 is 0 Å². The van der Waals surface area contributed by atoms with Gasteiger partial charge in [0.15, 0.2) is 0 Å². The molecule has 3 fully saturated rings. The van der Waals surface area contributed by atoms with Crippen molar-refractivity contribution >= 4 is 5.91 Å². The second kappa shape index (κ2) is 6.36. The molecule has 132 valence electrons. The first-order chi connectivity index (χ1) is 11.7. The second-order valence-electron chi connectivity index (χ2n) is 7.22. The van der Waals surface area contributed by atoms with Crippen LogP contribution in [0.1, 0.15) is 51.4 Å². The lowest BCUT2D eigenvalue weighted by atomic mass is 9.79. The van der Waals surface area contributed by atoms with Gasteiger partial charge in [-0.25, -0.2) is 14.5 Å². The summed E-state index contributed by atoms with van der Waals surface area (Å²) in [6.07, 6.45) is 7.03. The van der Waals surface area contributed by atoms with Gasteiger partial charge < -0.3 is 5.32 Å². The number of halogens is 1. The number of nitrogens with zero attached hydrogens (tertiary/aromatic N) is 4. The van der Waals surface area contributed by atoms with E-state index in [1.807, 2.05) is 0 Å². The first-order valence-corrected chi connectivity index (χ1v) is 8.90. The monoisotopic (exact) mass is 337 g/mol. The van der Waals surface area contributed by atoms with Crippen molar-refractivity contribution in [2.24, 2.45) is 5.92 Å². The molecule has 0 bridgehead atoms. The number of fused-ring (bicyclic) bond motifs is 1. The molecule has 1 aromatic heterocycles. The summed E-state index contributed by atoms with van der Waals surface area (Å²) in [6, 6.07) is 0.0781. The van der Waals surface area contributed by atoms with Crippen LogP contribution in [-0.4, -0.2) is 44.5 Å². The van der Waals surface area contributed by atoms with Gasteiger partial charge in [0.25, 0.3) is 0 Å². The van der Waals surface area contributed by atoms with Crippen molar-refractivity contribution < 1.29 is 9.18 Å². The zero-order valence-corrected chi connectivity index (χ0v) is 13.6. The van der Waals surface area contributed by atoms with Gasteiger partial charge in [-0.15, -0.1) is 5.10 Å². The Morgan fingerprint density at radius 2 is 2.04 bits per heavy atom. The van der Waals surface area contributed by atoms with Crippen molar-refractivity contribution in [1.82, 2.24) is 36.4 Å². The second-order valence-corrected chi connectivity index (χ2v) is 7.22. The highest BCUT2D eigenvalue weighted by Crippen LogP contribution is 2.36. The van der Waals surface area contributed by atoms with E-state index in [4.69, 9.17) is 0 Å². The Balaban J connectivity index is 1.53. The fourth-order valence-corrected chi connectivity index (χ4v) is 4.53. The van der Waals surface area contributed by atoms with Crippen LogP contribution in [0.5, 0.6) is 0 Å². The number of amides is 1. The predicted molar refractivity (Wildman–Crippen MR) is 83.1 cm³/mol. The lowest BCUT2D eigenvalue weighted by molar-refractivity contribution is -0.133. The third-order valence-electron chi connectivity index (χ3n) is 5.86. The van der Waals surface area contributed by atoms with Crippen molar-refractivity contribution in [2.75, 3.05) is 0 Å². The number of tetrazole rings is 1. The maximum Gasteiger partial charge on any atom is 0.249 e. The molecule has 3 N–H and O–H groups in total. The third kappa shape index (κ3) is 2.59. The molecule has 2 aliphatic carbocycles. The summed E-state index contributed by atoms with van der Waals surface area (Å²) in [4.78, 5) is 13.1. The summed E-state index contributed by atoms with van der Waals surface area (Å²) < 4.78 is 16.0. The van der Waals surface area contributed by atoms with Crippen molar-refractivity contribution in [3.05, 3.63) is 6.33 Å². The van der Waals surface area contributed by atoms with Crippen LogP contribution < -0.4 is 16.2 Å². The van der Waals surface area contributed by atoms with Crippen molar-refractivity contribution in [3.8, 4) is 0 Å². The lowest BCUT2D eigenvalue weighted by Crippen LogP contribution is -2.57. The Hall–Kier alpha value is -1.61. The minimum Gasteiger partial charge on any atom is -0.337 e. The van der Waals surface area contributed by atoms with Crippen LogP contribution in [0.3, 0.4) is 0 Å². The standard InChI is InChI=1S/C15H24FN7O/c16-10-5-4-6-11-12(10)13(20-19-11)18-14(24)15(7-2-1-3-8-15)23-9-17-21-22-23/h9-13,19-20H,1-8H2,(H,18,24). The van der Waals surface area contributed by atoms with Crippen LogP contribution in [0.15, 0.2) is 6.33 Å². The summed E-state index contributed by atoms with van der Waals surface area (Å²) >= 11 is 0. The van der Waals surface area contributed by atoms with E-state index in [1.54, 1.807) is 4.68 Å². The van der Waals surface area contributed by atoms with E-state index in [0.717, 1.165) is 32.1 Å². The van der Waals surface area contributed by atoms with Gasteiger partial charge in [0, 0.05) is 12.0 Å². The maximum atomic E-state index is 14.4. The van der Waals surface area contributed by atoms with E-state index in [1.165, 1.54) is 6.33 Å². The van der Waals surface area contributed by atoms with Gasteiger partial charge in [-0.3, -0.25) is 10.2 Å². The summed E-state index contributed by atoms with van der Waals surface area (Å²) in [5.41, 5.74) is 5.46. The lowest BCUT2D eigenvalue weighted by Gasteiger charge is -2.37. The molecule has 8 nitrogen and oxygen atoms in total. The van der Waals surface area contributed by atoms with E-state index in [0.29, 0.717) is 19.3 Å². The molecule has 0 spiro atoms. The molecule has 4 rings (SSSR count). The number of nitrogens with one attached hydrogen (secondary N) is 3. The fourth-order valence-electron chi connectivity index (χ4n) is 4.53. The Morgan fingerprint density at radius 1 is 1.21 bits per heavy atom. The molecule has 24 heavy (non-hydrogen) atoms. The number of hydrogen-bond donors (Lipinski definition) is 3. The molecule has 2 heterocycles. The zero-order chi connectivity index (χ0) is 16.6. The van der Waals surface area contributed by atoms with Gasteiger partial charge in [0.2, 0.25) is 5.91 Å². The van der Waals surface area contributed by atoms with Gasteiger partial charge in [0.05, 0.1) is 6.17 Å². The Morgan fingerprint density at radius 3 is 2.79 bits per heavy atom. The number of hydrogen-bond acceptors (Lipinski definition) is 6. The van der Waals surface area contributed by atoms with Crippen LogP contribution in [0.25, 0.3) is 0 Å². The van der Waals surface area contributed by atoms with Crippen LogP contribution in [0, 0.1) is 5.92 Å². The van der Waals surface area contributed by atoms with E-state index in [2.05, 4.69) is 31.7 Å². The first-order valence-electron chi connectivity index (χ1n) is 8.90. The van der Waals surface area contributed by atoms with Crippen LogP contribution in [0.2, 0.25) is 0 Å². The molecular formula is C15H24FN7O. The van der Waals surface area contributed by atoms with Gasteiger partial charge in [-0.05, 0) is 42.5 Å². The smallest absolute Gasteiger partial charge is 0.249 e. The number of carbonyl (C=O) groups is 1. The van der Waals surface area contributed by atoms with Gasteiger partial charge in [0.1, 0.15) is 18.0 Å². The topological polar surface area (TPSA) is 96.8 Å². The van der Waals surface area contributed by atoms with Crippen molar-refractivity contribution in [1.29, 1.82) is 0 Å². The predicted octanol–water partition coefficient (Wildman–Crippen LogP) is 0.389. The molecule has 1 saturated heterocycles. The fraction of sp³-hybridized carbons (Fsp3) is 0.867. The first kappa shape index (κ1) is 15.9. The van der Waals surface area contributed by atoms with E-state index >= 15 is 0 Å². The molecule has 0 aromatic carbocycles. The Kier molecular flexibility index (Phi) is 4.21. The van der Waals surface area contributed by atoms with E-state index in [-0.39, 0.29) is 17.9 Å². The average Bonchev–Trinajstić information content (AvgIpc) is 3.26. The van der Waals surface area contributed by atoms with Crippen molar-refractivity contribution in [3.63, 3.8) is 0 Å². The quantitative estimate of drug-likeness (QED) is 0.738. The summed E-state index contributed by atoms with van der Waals surface area (Å²) in [5, 5.41) is 14.4. The zero-order valence-electron chi connectivity index (χ0n) is 13.6. The largest absolute Gasteiger partial charge is 0.337 e. The van der Waals surface area contributed by atoms with Gasteiger partial charge in [-0.2, -0.15) is 0 Å². The molecule has 3 aliphatic rings. The minimum absolute atomic E-state index is 0.0781. The summed E-state index contributed by atoms with van der Waals surface area (Å²) in [6.45, 7) is 0. The third-order valence-corrected chi connectivity index (χ3v) is 5.86. The van der Waals surface area contributed by atoms with Crippen LogP contribution in [-0.2, 0) is 10.3 Å². The molecule has 4 atom stereocenters. The minimum atomic E-state index is -0.896. The number of hydrazine groups is 1. The van der Waals surface area contributed by atoms with Crippen molar-refractivity contribution in [2.45, 2.75) is 75.3 Å². The highest BCUT2D eigenvalue weighted by molar-refractivity contribution is 5.84. The molecule has 1 aliphatic heterocycles. The number of carbonyl (C=O) groups excluding carboxylic acids is 1. The highest BCUT2D eigenvalue weighted by atomic mass is 19.1. The normalized spacial score (nSPS) is 35.4. The molecule has 1 amide bonds. The Labute approximate surface area is 139 Å². The highest BCUT2D eigenvalue weighted by Gasteiger charge is 2.48. The molecule has 1 aromatic rings. The molecule has 2 saturated carbocycles. The number of alkyl halides is 1. The van der Waals surface area contributed by atoms with E-state index in [9.17, 15) is 9.18 Å². The molecular weight excluding hydrogens is 313 g/mol. The van der Waals surface area contributed by atoms with Gasteiger partial charge >= 0.3 is 0 Å². The Bertz CT molecular complexity index is 574. The number of aromatic nitrogens is 4. The number of rotatable bonds is 3. The SMILES string of the molecule is O=C(NC1NNC2CCCC(F)C21)C1(n2cnnn2)CCCCC1. The molecule has 4 unspecified atom stereocenters. The average molecular weight is 337 g/mol. The summed E-state index contributed by atoms with van der Waals surface area (Å²) in [7, 11) is 0. The van der Waals surface area contributed by atoms with Gasteiger partial charge in [-0.1, -0.05) is 19.3 Å². The summed E-state index contributed by atoms with van der Waals surface area (Å²) in [5.74, 6) is -0.343. The van der Waals surface area contributed by atoms with E-state index < -0.39 is 17.9 Å². The van der Waals surface area contributed by atoms with Crippen LogP contribution in [0.4, 0.5) is 4.39 Å². The molecule has 0 radical (unpaired) electrons.